The molecule has 0 aliphatic carbocycles. The Balaban J connectivity index is 1.85. The zero-order valence-electron chi connectivity index (χ0n) is 19.4. The first-order chi connectivity index (χ1) is 17.1. The number of nitrogens with zero attached hydrogens (tertiary/aromatic N) is 3. The van der Waals surface area contributed by atoms with Crippen molar-refractivity contribution in [3.05, 3.63) is 98.6 Å². The van der Waals surface area contributed by atoms with Crippen LogP contribution in [-0.2, 0) is 21.4 Å². The van der Waals surface area contributed by atoms with Gasteiger partial charge in [-0.25, -0.2) is 13.8 Å². The highest BCUT2D eigenvalue weighted by Gasteiger charge is 2.30. The summed E-state index contributed by atoms with van der Waals surface area (Å²) >= 11 is 6.03. The van der Waals surface area contributed by atoms with E-state index in [0.717, 1.165) is 10.5 Å². The highest BCUT2D eigenvalue weighted by Crippen LogP contribution is 2.28. The van der Waals surface area contributed by atoms with Crippen molar-refractivity contribution < 1.29 is 22.9 Å². The molecular weight excluding hydrogens is 508 g/mol. The number of hydrazone groups is 1. The summed E-state index contributed by atoms with van der Waals surface area (Å²) in [4.78, 5) is 23.0. The Labute approximate surface area is 213 Å². The van der Waals surface area contributed by atoms with Gasteiger partial charge in [0.05, 0.1) is 24.8 Å². The largest absolute Gasteiger partial charge is 0.495 e. The van der Waals surface area contributed by atoms with Crippen LogP contribution in [0.3, 0.4) is 0 Å². The van der Waals surface area contributed by atoms with Crippen molar-refractivity contribution in [1.29, 1.82) is 0 Å². The molecule has 0 atom stereocenters. The van der Waals surface area contributed by atoms with Gasteiger partial charge in [0.15, 0.2) is 0 Å². The minimum Gasteiger partial charge on any atom is -0.495 e. The Kier molecular flexibility index (Phi) is 8.75. The van der Waals surface area contributed by atoms with Crippen LogP contribution in [0.25, 0.3) is 0 Å². The molecule has 0 spiro atoms. The number of carbonyl (C=O) groups excluding carboxylic acids is 1. The van der Waals surface area contributed by atoms with E-state index in [1.807, 2.05) is 0 Å². The average molecular weight is 531 g/mol. The molecule has 3 aromatic rings. The van der Waals surface area contributed by atoms with Gasteiger partial charge >= 0.3 is 0 Å². The second kappa shape index (κ2) is 11.8. The number of nitrogens with one attached hydrogen (secondary N) is 1. The van der Waals surface area contributed by atoms with Gasteiger partial charge < -0.3 is 4.74 Å². The van der Waals surface area contributed by atoms with Crippen LogP contribution in [0.5, 0.6) is 5.75 Å². The van der Waals surface area contributed by atoms with Crippen molar-refractivity contribution in [2.45, 2.75) is 18.4 Å². The number of carbonyl (C=O) groups is 1. The molecule has 36 heavy (non-hydrogen) atoms. The summed E-state index contributed by atoms with van der Waals surface area (Å²) in [5.41, 5.74) is 3.65. The van der Waals surface area contributed by atoms with Crippen LogP contribution in [0.15, 0.2) is 76.7 Å². The number of nitro groups is 1. The number of hydrogen-bond donors (Lipinski definition) is 1. The molecule has 3 rings (SSSR count). The molecule has 12 heteroatoms. The molecule has 0 fully saturated rings. The summed E-state index contributed by atoms with van der Waals surface area (Å²) in [5.74, 6) is -0.573. The van der Waals surface area contributed by atoms with Gasteiger partial charge in [0.1, 0.15) is 10.6 Å². The first-order valence-electron chi connectivity index (χ1n) is 10.6. The number of non-ortho nitro benzene ring substituents is 1. The lowest BCUT2D eigenvalue weighted by atomic mass is 10.2. The van der Waals surface area contributed by atoms with E-state index in [4.69, 9.17) is 16.3 Å². The Hall–Kier alpha value is -3.80. The van der Waals surface area contributed by atoms with Gasteiger partial charge in [-0.1, -0.05) is 48.0 Å². The molecule has 0 heterocycles. The van der Waals surface area contributed by atoms with E-state index in [9.17, 15) is 23.3 Å². The predicted molar refractivity (Wildman–Crippen MR) is 136 cm³/mol. The molecule has 0 aliphatic rings. The third kappa shape index (κ3) is 6.66. The Morgan fingerprint density at radius 1 is 1.17 bits per heavy atom. The Morgan fingerprint density at radius 3 is 2.56 bits per heavy atom. The molecule has 1 N–H and O–H groups in total. The van der Waals surface area contributed by atoms with Crippen molar-refractivity contribution in [2.75, 3.05) is 13.7 Å². The third-order valence-electron chi connectivity index (χ3n) is 5.04. The van der Waals surface area contributed by atoms with Crippen LogP contribution in [0, 0.1) is 17.0 Å². The molecule has 0 saturated heterocycles. The van der Waals surface area contributed by atoms with E-state index in [-0.39, 0.29) is 33.5 Å². The monoisotopic (exact) mass is 530 g/mol. The van der Waals surface area contributed by atoms with Crippen molar-refractivity contribution >= 4 is 39.4 Å². The van der Waals surface area contributed by atoms with Crippen LogP contribution in [0.2, 0.25) is 5.02 Å². The second-order valence-corrected chi connectivity index (χ2v) is 9.98. The van der Waals surface area contributed by atoms with Crippen LogP contribution in [-0.4, -0.2) is 43.4 Å². The zero-order valence-corrected chi connectivity index (χ0v) is 21.0. The fourth-order valence-electron chi connectivity index (χ4n) is 3.25. The van der Waals surface area contributed by atoms with Gasteiger partial charge in [0, 0.05) is 29.3 Å². The number of amides is 1. The minimum absolute atomic E-state index is 0.0689. The van der Waals surface area contributed by atoms with Gasteiger partial charge in [0.25, 0.3) is 11.6 Å². The van der Waals surface area contributed by atoms with Gasteiger partial charge in [-0.15, -0.1) is 0 Å². The van der Waals surface area contributed by atoms with E-state index in [0.29, 0.717) is 11.1 Å². The fraction of sp³-hybridized carbons (Fsp3) is 0.167. The molecule has 0 saturated carbocycles. The van der Waals surface area contributed by atoms with Crippen LogP contribution < -0.4 is 10.2 Å². The fourth-order valence-corrected chi connectivity index (χ4v) is 5.04. The molecule has 0 aromatic heterocycles. The van der Waals surface area contributed by atoms with E-state index in [1.165, 1.54) is 31.4 Å². The SMILES string of the molecule is COc1ccc(C)cc1S(=O)(=O)N(CC(=O)N/N=C/c1cc([N+](=O)[O-])ccc1Cl)Cc1ccccc1. The van der Waals surface area contributed by atoms with Crippen molar-refractivity contribution in [2.24, 2.45) is 5.10 Å². The predicted octanol–water partition coefficient (Wildman–Crippen LogP) is 3.91. The quantitative estimate of drug-likeness (QED) is 0.240. The van der Waals surface area contributed by atoms with Gasteiger partial charge in [-0.2, -0.15) is 9.41 Å². The molecule has 0 unspecified atom stereocenters. The number of benzene rings is 3. The maximum atomic E-state index is 13.6. The first kappa shape index (κ1) is 26.8. The van der Waals surface area contributed by atoms with Gasteiger partial charge in [-0.3, -0.25) is 14.9 Å². The van der Waals surface area contributed by atoms with E-state index in [1.54, 1.807) is 49.4 Å². The van der Waals surface area contributed by atoms with Crippen molar-refractivity contribution in [3.63, 3.8) is 0 Å². The number of rotatable bonds is 10. The molecule has 188 valence electrons. The number of sulfonamides is 1. The summed E-state index contributed by atoms with van der Waals surface area (Å²) in [6, 6.07) is 17.4. The summed E-state index contributed by atoms with van der Waals surface area (Å²) < 4.78 is 33.5. The third-order valence-corrected chi connectivity index (χ3v) is 7.20. The average Bonchev–Trinajstić information content (AvgIpc) is 2.85. The molecule has 0 bridgehead atoms. The van der Waals surface area contributed by atoms with Gasteiger partial charge in [0.2, 0.25) is 10.0 Å². The van der Waals surface area contributed by atoms with E-state index >= 15 is 0 Å². The summed E-state index contributed by atoms with van der Waals surface area (Å²) in [6.07, 6.45) is 1.15. The summed E-state index contributed by atoms with van der Waals surface area (Å²) in [7, 11) is -2.79. The Bertz CT molecular complexity index is 1400. The standard InChI is InChI=1S/C24H23ClN4O6S/c1-17-8-11-22(35-2)23(12-17)36(33,34)28(15-18-6-4-3-5-7-18)16-24(30)27-26-14-19-13-20(29(31)32)9-10-21(19)25/h3-14H,15-16H2,1-2H3,(H,27,30)/b26-14+. The highest BCUT2D eigenvalue weighted by atomic mass is 35.5. The minimum atomic E-state index is -4.16. The van der Waals surface area contributed by atoms with E-state index < -0.39 is 27.4 Å². The Morgan fingerprint density at radius 2 is 1.89 bits per heavy atom. The number of aryl methyl sites for hydroxylation is 1. The van der Waals surface area contributed by atoms with Crippen molar-refractivity contribution in [3.8, 4) is 5.75 Å². The van der Waals surface area contributed by atoms with Crippen molar-refractivity contribution in [1.82, 2.24) is 9.73 Å². The lowest BCUT2D eigenvalue weighted by molar-refractivity contribution is -0.384. The molecule has 0 aliphatic heterocycles. The topological polar surface area (TPSA) is 131 Å². The normalized spacial score (nSPS) is 11.6. The lowest BCUT2D eigenvalue weighted by Crippen LogP contribution is -2.39. The zero-order chi connectivity index (χ0) is 26.3. The molecule has 3 aromatic carbocycles. The number of nitro benzene ring substituents is 1. The molecular formula is C24H23ClN4O6S. The molecule has 10 nitrogen and oxygen atoms in total. The number of hydrogen-bond acceptors (Lipinski definition) is 7. The maximum Gasteiger partial charge on any atom is 0.270 e. The smallest absolute Gasteiger partial charge is 0.270 e. The molecule has 0 radical (unpaired) electrons. The highest BCUT2D eigenvalue weighted by molar-refractivity contribution is 7.89. The van der Waals surface area contributed by atoms with Crippen LogP contribution >= 0.6 is 11.6 Å². The first-order valence-corrected chi connectivity index (χ1v) is 12.4. The van der Waals surface area contributed by atoms with Crippen LogP contribution in [0.4, 0.5) is 5.69 Å². The van der Waals surface area contributed by atoms with Gasteiger partial charge in [-0.05, 0) is 36.2 Å². The number of ether oxygens (including phenoxy) is 1. The summed E-state index contributed by atoms with van der Waals surface area (Å²) in [6.45, 7) is 1.13. The second-order valence-electron chi connectivity index (χ2n) is 7.67. The molecule has 1 amide bonds. The maximum absolute atomic E-state index is 13.6. The number of methoxy groups -OCH3 is 1. The number of halogens is 1. The van der Waals surface area contributed by atoms with E-state index in [2.05, 4.69) is 10.5 Å². The lowest BCUT2D eigenvalue weighted by Gasteiger charge is -2.23. The summed E-state index contributed by atoms with van der Waals surface area (Å²) in [5, 5.41) is 15.0. The van der Waals surface area contributed by atoms with Crippen LogP contribution in [0.1, 0.15) is 16.7 Å².